The molecule has 4 nitrogen and oxygen atoms in total. The molecule has 0 aromatic heterocycles. The first-order valence-corrected chi connectivity index (χ1v) is 11.9. The molecule has 0 aliphatic rings. The second-order valence-electron chi connectivity index (χ2n) is 6.82. The molecular formula is C30H39Cl3K3NO3-4. The van der Waals surface area contributed by atoms with E-state index in [2.05, 4.69) is 58.8 Å². The van der Waals surface area contributed by atoms with E-state index in [0.29, 0.717) is 15.1 Å². The molecule has 40 heavy (non-hydrogen) atoms. The summed E-state index contributed by atoms with van der Waals surface area (Å²) in [7, 11) is 0. The Morgan fingerprint density at radius 2 is 1.65 bits per heavy atom. The Labute approximate surface area is 387 Å². The van der Waals surface area contributed by atoms with Crippen LogP contribution in [-0.4, -0.2) is 18.5 Å². The van der Waals surface area contributed by atoms with Crippen LogP contribution in [0.4, 0.5) is 0 Å². The topological polar surface area (TPSA) is 63.2 Å². The summed E-state index contributed by atoms with van der Waals surface area (Å²) in [6.07, 6.45) is 9.24. The van der Waals surface area contributed by atoms with Gasteiger partial charge in [0.15, 0.2) is 0 Å². The van der Waals surface area contributed by atoms with Gasteiger partial charge in [0.2, 0.25) is 0 Å². The van der Waals surface area contributed by atoms with Crippen LogP contribution in [0.3, 0.4) is 0 Å². The van der Waals surface area contributed by atoms with Crippen molar-refractivity contribution in [3.63, 3.8) is 0 Å². The number of halogens is 3. The van der Waals surface area contributed by atoms with Crippen molar-refractivity contribution in [3.8, 4) is 0 Å². The fraction of sp³-hybridized carbons (Fsp3) is 0.300. The quantitative estimate of drug-likeness (QED) is 0.0579. The van der Waals surface area contributed by atoms with Crippen molar-refractivity contribution in [2.75, 3.05) is 0 Å². The molecule has 1 N–H and O–H groups in total. The molecule has 10 heteroatoms. The summed E-state index contributed by atoms with van der Waals surface area (Å²) in [5.74, 6) is 1.00. The van der Waals surface area contributed by atoms with E-state index < -0.39 is 5.57 Å². The first-order chi connectivity index (χ1) is 16.9. The predicted molar refractivity (Wildman–Crippen MR) is 162 cm³/mol. The Balaban J connectivity index is -0.0000000624. The van der Waals surface area contributed by atoms with Crippen molar-refractivity contribution in [1.82, 2.24) is 5.32 Å². The minimum atomic E-state index is -0.519. The van der Waals surface area contributed by atoms with Crippen LogP contribution in [0.2, 0.25) is 10.0 Å². The van der Waals surface area contributed by atoms with E-state index in [0.717, 1.165) is 42.6 Å². The van der Waals surface area contributed by atoms with Gasteiger partial charge in [0.1, 0.15) is 0 Å². The van der Waals surface area contributed by atoms with Crippen LogP contribution in [0.15, 0.2) is 59.3 Å². The van der Waals surface area contributed by atoms with Crippen LogP contribution in [0.5, 0.6) is 0 Å². The molecule has 0 bridgehead atoms. The van der Waals surface area contributed by atoms with Gasteiger partial charge >= 0.3 is 154 Å². The van der Waals surface area contributed by atoms with Gasteiger partial charge in [0.05, 0.1) is 5.03 Å². The fourth-order valence-corrected chi connectivity index (χ4v) is 2.43. The number of hydrogen-bond acceptors (Lipinski definition) is 4. The molecule has 0 fully saturated rings. The number of carbonyl (C=O) groups excluding carboxylic acids is 3. The van der Waals surface area contributed by atoms with Crippen molar-refractivity contribution in [1.29, 1.82) is 0 Å². The third-order valence-electron chi connectivity index (χ3n) is 3.63. The molecule has 0 aliphatic carbocycles. The van der Waals surface area contributed by atoms with Gasteiger partial charge < -0.3 is 67.0 Å². The van der Waals surface area contributed by atoms with Gasteiger partial charge in [0.25, 0.3) is 0 Å². The second-order valence-corrected chi connectivity index (χ2v) is 8.07. The van der Waals surface area contributed by atoms with Crippen molar-refractivity contribution in [2.45, 2.75) is 59.9 Å². The largest absolute Gasteiger partial charge is 1.00 e. The number of hydrogen-bond donors (Lipinski definition) is 1. The smallest absolute Gasteiger partial charge is 0.573 e. The van der Waals surface area contributed by atoms with E-state index in [4.69, 9.17) is 39.6 Å². The van der Waals surface area contributed by atoms with Crippen LogP contribution in [0.25, 0.3) is 0 Å². The summed E-state index contributed by atoms with van der Waals surface area (Å²) in [5.41, 5.74) is 2.55. The van der Waals surface area contributed by atoms with Gasteiger partial charge in [-0.1, -0.05) is 72.3 Å². The fourth-order valence-electron chi connectivity index (χ4n) is 1.80. The average Bonchev–Trinajstić information content (AvgIpc) is 2.84. The normalized spacial score (nSPS) is 9.12. The van der Waals surface area contributed by atoms with Crippen molar-refractivity contribution in [2.24, 2.45) is 0 Å². The number of benzene rings is 1. The van der Waals surface area contributed by atoms with Crippen LogP contribution < -0.4 is 159 Å². The molecule has 0 spiro atoms. The van der Waals surface area contributed by atoms with E-state index in [9.17, 15) is 9.59 Å². The first kappa shape index (κ1) is 61.5. The van der Waals surface area contributed by atoms with Gasteiger partial charge in [-0.2, -0.15) is 19.8 Å². The molecule has 0 radical (unpaired) electrons. The third-order valence-corrected chi connectivity index (χ3v) is 4.63. The maximum Gasteiger partial charge on any atom is 1.00 e. The average molecular weight is 685 g/mol. The van der Waals surface area contributed by atoms with Crippen LogP contribution in [0, 0.1) is 33.9 Å². The monoisotopic (exact) mass is 683 g/mol. The molecule has 1 unspecified atom stereocenters. The Morgan fingerprint density at radius 3 is 1.88 bits per heavy atom. The van der Waals surface area contributed by atoms with Crippen LogP contribution in [-0.2, 0) is 14.4 Å². The zero-order chi connectivity index (χ0) is 29.1. The number of rotatable bonds is 9. The molecule has 0 heterocycles. The summed E-state index contributed by atoms with van der Waals surface area (Å²) >= 11 is 17.9. The maximum absolute atomic E-state index is 9.19. The summed E-state index contributed by atoms with van der Waals surface area (Å²) < 4.78 is 0. The van der Waals surface area contributed by atoms with E-state index in [-0.39, 0.29) is 168 Å². The van der Waals surface area contributed by atoms with Crippen LogP contribution in [0.1, 0.15) is 65.5 Å². The number of nitrogens with one attached hydrogen (secondary N) is 1. The van der Waals surface area contributed by atoms with Crippen molar-refractivity contribution >= 4 is 53.3 Å². The minimum Gasteiger partial charge on any atom is -0.573 e. The van der Waals surface area contributed by atoms with E-state index in [1.807, 2.05) is 32.9 Å². The SMILES string of the molecule is C=C(C)CC[CH2-].C=C/C(Cl)=C(\C)NC(C)c1ccc(Cl)cc1Cl.C[CH-]CC.[CH-]=C([C-]=O)[C-]=O.[CH-]=C=O.[CH3-].[K+].[K+].[K+]. The zero-order valence-electron chi connectivity index (χ0n) is 25.7. The van der Waals surface area contributed by atoms with Gasteiger partial charge in [0, 0.05) is 21.8 Å². The molecule has 1 aromatic carbocycles. The minimum absolute atomic E-state index is 0. The molecular weight excluding hydrogens is 646 g/mol. The molecule has 0 aliphatic heterocycles. The van der Waals surface area contributed by atoms with E-state index >= 15 is 0 Å². The maximum atomic E-state index is 9.19. The summed E-state index contributed by atoms with van der Waals surface area (Å²) in [6.45, 7) is 29.7. The summed E-state index contributed by atoms with van der Waals surface area (Å²) in [5, 5.41) is 5.12. The molecule has 0 saturated heterocycles. The van der Waals surface area contributed by atoms with E-state index in [1.54, 1.807) is 12.1 Å². The summed E-state index contributed by atoms with van der Waals surface area (Å²) in [4.78, 5) is 26.8. The Kier molecular flexibility index (Phi) is 70.7. The standard InChI is InChI=1S/C13H14Cl3N.C6H11.C4HO2.C4H9.C2HO.CH3.3K/c1-4-12(15)9(3)17-8(2)11-6-5-10(14)7-13(11)16;1-4-5-6(2)3;1-4(2-5)3-6;1-3-4-2;1-2-3;;;;/h4-8,17H,1H2,2-3H3;1-2,4-5H2,3H3;1H;3H,4H2,1-2H3;1H;1H3;;;/q;-1;-3;3*-1;3*+1/b12-9-;;;;;;;;. The van der Waals surface area contributed by atoms with Gasteiger partial charge in [-0.25, -0.2) is 0 Å². The van der Waals surface area contributed by atoms with Crippen molar-refractivity contribution < 1.29 is 169 Å². The molecule has 210 valence electrons. The molecule has 1 rings (SSSR count). The first-order valence-electron chi connectivity index (χ1n) is 10.7. The molecule has 0 saturated carbocycles. The Hall–Kier alpha value is 2.55. The zero-order valence-corrected chi connectivity index (χ0v) is 37.4. The van der Waals surface area contributed by atoms with E-state index in [1.165, 1.54) is 12.0 Å². The van der Waals surface area contributed by atoms with Crippen molar-refractivity contribution in [3.05, 3.63) is 109 Å². The third kappa shape index (κ3) is 45.0. The molecule has 0 amide bonds. The van der Waals surface area contributed by atoms with Gasteiger partial charge in [-0.05, 0) is 44.5 Å². The molecule has 1 atom stereocenters. The second kappa shape index (κ2) is 46.0. The summed E-state index contributed by atoms with van der Waals surface area (Å²) in [6, 6.07) is 5.49. The predicted octanol–water partition coefficient (Wildman–Crippen LogP) is -0.0676. The van der Waals surface area contributed by atoms with Crippen LogP contribution >= 0.6 is 34.8 Å². The number of allylic oxidation sites excluding steroid dienone is 5. The van der Waals surface area contributed by atoms with Gasteiger partial charge in [-0.3, -0.25) is 4.79 Å². The number of unbranched alkanes of at least 4 members (excludes halogenated alkanes) is 1. The Bertz CT molecular complexity index is 859. The Morgan fingerprint density at radius 1 is 1.23 bits per heavy atom. The molecule has 1 aromatic rings. The van der Waals surface area contributed by atoms with Gasteiger partial charge in [-0.15, -0.1) is 6.58 Å².